The van der Waals surface area contributed by atoms with E-state index >= 15 is 0 Å². The van der Waals surface area contributed by atoms with Gasteiger partial charge in [0.1, 0.15) is 5.69 Å². The van der Waals surface area contributed by atoms with Gasteiger partial charge in [-0.25, -0.2) is 4.98 Å². The van der Waals surface area contributed by atoms with Gasteiger partial charge in [-0.05, 0) is 25.7 Å². The van der Waals surface area contributed by atoms with Crippen molar-refractivity contribution >= 4 is 28.4 Å². The van der Waals surface area contributed by atoms with E-state index < -0.39 is 0 Å². The quantitative estimate of drug-likeness (QED) is 0.782. The number of anilines is 1. The highest BCUT2D eigenvalue weighted by atomic mass is 32.1. The third-order valence-electron chi connectivity index (χ3n) is 4.04. The molecule has 0 aromatic carbocycles. The lowest BCUT2D eigenvalue weighted by atomic mass is 9.92. The van der Waals surface area contributed by atoms with Crippen LogP contribution in [0.15, 0.2) is 11.6 Å². The number of hydrogen-bond acceptors (Lipinski definition) is 4. The first-order chi connectivity index (χ1) is 8.72. The Bertz CT molecular complexity index is 574. The van der Waals surface area contributed by atoms with Gasteiger partial charge >= 0.3 is 0 Å². The third kappa shape index (κ3) is 1.65. The number of carbonyl (C=O) groups excluding carboxylic acids is 1. The Kier molecular flexibility index (Phi) is 2.86. The number of nitrogens with zero attached hydrogens (tertiary/aromatic N) is 3. The second-order valence-corrected chi connectivity index (χ2v) is 5.92. The molecule has 4 nitrogen and oxygen atoms in total. The Morgan fingerprint density at radius 2 is 2.33 bits per heavy atom. The van der Waals surface area contributed by atoms with Gasteiger partial charge in [0.2, 0.25) is 0 Å². The van der Waals surface area contributed by atoms with Gasteiger partial charge in [-0.3, -0.25) is 9.20 Å². The van der Waals surface area contributed by atoms with Crippen LogP contribution in [-0.4, -0.2) is 28.3 Å². The second-order valence-electron chi connectivity index (χ2n) is 5.05. The zero-order chi connectivity index (χ0) is 12.7. The Balaban J connectivity index is 2.07. The molecule has 5 heteroatoms. The van der Waals surface area contributed by atoms with E-state index in [1.807, 2.05) is 16.0 Å². The smallest absolute Gasteiger partial charge is 0.196 e. The van der Waals surface area contributed by atoms with Crippen LogP contribution < -0.4 is 4.90 Å². The number of fused-ring (bicyclic) bond motifs is 1. The number of carbonyl (C=O) groups is 1. The molecule has 0 amide bonds. The van der Waals surface area contributed by atoms with E-state index in [0.717, 1.165) is 23.6 Å². The van der Waals surface area contributed by atoms with E-state index in [9.17, 15) is 4.79 Å². The molecule has 3 rings (SSSR count). The molecule has 3 heterocycles. The fraction of sp³-hybridized carbons (Fsp3) is 0.538. The predicted molar refractivity (Wildman–Crippen MR) is 73.7 cm³/mol. The molecular formula is C13H17N3OS. The van der Waals surface area contributed by atoms with E-state index in [2.05, 4.69) is 23.7 Å². The van der Waals surface area contributed by atoms with E-state index in [4.69, 9.17) is 0 Å². The summed E-state index contributed by atoms with van der Waals surface area (Å²) in [6.07, 6.45) is 5.28. The minimum Gasteiger partial charge on any atom is -0.352 e. The summed E-state index contributed by atoms with van der Waals surface area (Å²) in [5.74, 6) is 1.51. The maximum Gasteiger partial charge on any atom is 0.196 e. The molecule has 2 aromatic heterocycles. The van der Waals surface area contributed by atoms with Crippen LogP contribution in [0.25, 0.3) is 4.96 Å². The zero-order valence-electron chi connectivity index (χ0n) is 10.7. The molecule has 1 saturated heterocycles. The van der Waals surface area contributed by atoms with Crippen molar-refractivity contribution in [3.05, 3.63) is 17.3 Å². The molecule has 2 atom stereocenters. The van der Waals surface area contributed by atoms with Gasteiger partial charge in [0.05, 0.1) is 0 Å². The van der Waals surface area contributed by atoms with Crippen LogP contribution in [0, 0.1) is 5.92 Å². The fourth-order valence-corrected chi connectivity index (χ4v) is 3.46. The number of aldehydes is 1. The van der Waals surface area contributed by atoms with Crippen LogP contribution in [-0.2, 0) is 0 Å². The molecular weight excluding hydrogens is 246 g/mol. The molecule has 0 spiro atoms. The maximum absolute atomic E-state index is 11.3. The highest BCUT2D eigenvalue weighted by Gasteiger charge is 2.29. The number of aromatic nitrogens is 2. The van der Waals surface area contributed by atoms with Crippen molar-refractivity contribution in [1.29, 1.82) is 0 Å². The lowest BCUT2D eigenvalue weighted by Gasteiger charge is -2.38. The van der Waals surface area contributed by atoms with Gasteiger partial charge in [-0.1, -0.05) is 6.92 Å². The summed E-state index contributed by atoms with van der Waals surface area (Å²) >= 11 is 1.57. The molecule has 18 heavy (non-hydrogen) atoms. The first-order valence-corrected chi connectivity index (χ1v) is 7.27. The normalized spacial score (nSPS) is 24.7. The van der Waals surface area contributed by atoms with Crippen molar-refractivity contribution in [2.75, 3.05) is 11.4 Å². The minimum atomic E-state index is 0.446. The van der Waals surface area contributed by atoms with Gasteiger partial charge in [-0.15, -0.1) is 11.3 Å². The molecule has 0 aliphatic carbocycles. The van der Waals surface area contributed by atoms with Crippen LogP contribution in [0.4, 0.5) is 5.82 Å². The van der Waals surface area contributed by atoms with Crippen molar-refractivity contribution in [2.24, 2.45) is 5.92 Å². The van der Waals surface area contributed by atoms with E-state index in [1.54, 1.807) is 11.3 Å². The Hall–Kier alpha value is -1.36. The molecule has 0 radical (unpaired) electrons. The topological polar surface area (TPSA) is 37.6 Å². The van der Waals surface area contributed by atoms with Crippen molar-refractivity contribution in [3.63, 3.8) is 0 Å². The van der Waals surface area contributed by atoms with Crippen LogP contribution in [0.3, 0.4) is 0 Å². The molecule has 1 fully saturated rings. The van der Waals surface area contributed by atoms with Crippen molar-refractivity contribution in [2.45, 2.75) is 32.7 Å². The molecule has 1 aliphatic heterocycles. The Morgan fingerprint density at radius 1 is 1.50 bits per heavy atom. The van der Waals surface area contributed by atoms with E-state index in [1.165, 1.54) is 12.8 Å². The molecule has 0 N–H and O–H groups in total. The molecule has 1 aliphatic rings. The highest BCUT2D eigenvalue weighted by Crippen LogP contribution is 2.31. The van der Waals surface area contributed by atoms with Crippen molar-refractivity contribution < 1.29 is 4.79 Å². The first kappa shape index (κ1) is 11.7. The highest BCUT2D eigenvalue weighted by molar-refractivity contribution is 7.15. The monoisotopic (exact) mass is 263 g/mol. The van der Waals surface area contributed by atoms with Gasteiger partial charge in [-0.2, -0.15) is 0 Å². The standard InChI is InChI=1S/C13H17N3OS/c1-9-4-3-5-15(10(9)2)12-11(8-17)16-6-7-18-13(16)14-12/h6-10H,3-5H2,1-2H3. The summed E-state index contributed by atoms with van der Waals surface area (Å²) in [7, 11) is 0. The predicted octanol–water partition coefficient (Wildman–Crippen LogP) is 2.83. The molecule has 2 unspecified atom stereocenters. The SMILES string of the molecule is CC1CCCN(c2nc3sccn3c2C=O)C1C. The molecule has 96 valence electrons. The van der Waals surface area contributed by atoms with Crippen LogP contribution in [0.5, 0.6) is 0 Å². The average Bonchev–Trinajstić information content (AvgIpc) is 2.92. The minimum absolute atomic E-state index is 0.446. The summed E-state index contributed by atoms with van der Waals surface area (Å²) in [5.41, 5.74) is 0.687. The van der Waals surface area contributed by atoms with Crippen LogP contribution in [0.2, 0.25) is 0 Å². The maximum atomic E-state index is 11.3. The van der Waals surface area contributed by atoms with Gasteiger partial charge in [0.15, 0.2) is 17.1 Å². The van der Waals surface area contributed by atoms with E-state index in [0.29, 0.717) is 17.7 Å². The third-order valence-corrected chi connectivity index (χ3v) is 4.79. The van der Waals surface area contributed by atoms with Gasteiger partial charge in [0.25, 0.3) is 0 Å². The number of thiazole rings is 1. The summed E-state index contributed by atoms with van der Waals surface area (Å²) in [5, 5.41) is 1.96. The van der Waals surface area contributed by atoms with Crippen LogP contribution >= 0.6 is 11.3 Å². The van der Waals surface area contributed by atoms with Gasteiger partial charge < -0.3 is 4.90 Å². The Labute approximate surface area is 110 Å². The van der Waals surface area contributed by atoms with Crippen molar-refractivity contribution in [3.8, 4) is 0 Å². The molecule has 0 bridgehead atoms. The van der Waals surface area contributed by atoms with Crippen LogP contribution in [0.1, 0.15) is 37.2 Å². The average molecular weight is 263 g/mol. The molecule has 0 saturated carbocycles. The lowest BCUT2D eigenvalue weighted by Crippen LogP contribution is -2.43. The fourth-order valence-electron chi connectivity index (χ4n) is 2.75. The summed E-state index contributed by atoms with van der Waals surface area (Å²) < 4.78 is 1.89. The van der Waals surface area contributed by atoms with Crippen molar-refractivity contribution in [1.82, 2.24) is 9.38 Å². The van der Waals surface area contributed by atoms with Gasteiger partial charge in [0, 0.05) is 24.2 Å². The summed E-state index contributed by atoms with van der Waals surface area (Å²) in [4.78, 5) is 19.2. The number of hydrogen-bond donors (Lipinski definition) is 0. The number of rotatable bonds is 2. The summed E-state index contributed by atoms with van der Waals surface area (Å²) in [6.45, 7) is 5.50. The van der Waals surface area contributed by atoms with E-state index in [-0.39, 0.29) is 0 Å². The molecule has 2 aromatic rings. The second kappa shape index (κ2) is 4.39. The lowest BCUT2D eigenvalue weighted by molar-refractivity contribution is 0.111. The number of piperidine rings is 1. The first-order valence-electron chi connectivity index (χ1n) is 6.39. The Morgan fingerprint density at radius 3 is 3.11 bits per heavy atom. The largest absolute Gasteiger partial charge is 0.352 e. The summed E-state index contributed by atoms with van der Waals surface area (Å²) in [6, 6.07) is 0.446. The zero-order valence-corrected chi connectivity index (χ0v) is 11.5. The number of imidazole rings is 1.